The number of carbonyl (C=O) groups excluding carboxylic acids is 2. The Morgan fingerprint density at radius 1 is 1.21 bits per heavy atom. The normalized spacial score (nSPS) is 16.6. The molecule has 2 amide bonds. The highest BCUT2D eigenvalue weighted by Crippen LogP contribution is 2.23. The van der Waals surface area contributed by atoms with Crippen LogP contribution in [0.5, 0.6) is 5.75 Å². The first kappa shape index (κ1) is 20.2. The van der Waals surface area contributed by atoms with Crippen molar-refractivity contribution in [3.8, 4) is 5.75 Å². The van der Waals surface area contributed by atoms with Crippen molar-refractivity contribution in [2.75, 3.05) is 4.90 Å². The molecule has 148 valence electrons. The number of carboxylic acids is 1. The van der Waals surface area contributed by atoms with Crippen LogP contribution in [0.4, 0.5) is 5.69 Å². The van der Waals surface area contributed by atoms with E-state index in [-0.39, 0.29) is 10.7 Å². The smallest absolute Gasteiger partial charge is 0.344 e. The number of nitrogens with one attached hydrogen (secondary N) is 1. The molecule has 0 aliphatic carbocycles. The first-order valence-electron chi connectivity index (χ1n) is 8.74. The molecule has 0 saturated carbocycles. The molecule has 2 aromatic rings. The van der Waals surface area contributed by atoms with Crippen molar-refractivity contribution in [3.63, 3.8) is 0 Å². The molecule has 7 nitrogen and oxygen atoms in total. The summed E-state index contributed by atoms with van der Waals surface area (Å²) in [7, 11) is 0. The predicted molar refractivity (Wildman–Crippen MR) is 112 cm³/mol. The number of amides is 2. The van der Waals surface area contributed by atoms with E-state index >= 15 is 0 Å². The summed E-state index contributed by atoms with van der Waals surface area (Å²) in [4.78, 5) is 37.5. The van der Waals surface area contributed by atoms with Gasteiger partial charge in [-0.05, 0) is 67.5 Å². The Labute approximate surface area is 172 Å². The van der Waals surface area contributed by atoms with Crippen LogP contribution in [0.1, 0.15) is 18.1 Å². The maximum atomic E-state index is 13.0. The van der Waals surface area contributed by atoms with E-state index < -0.39 is 23.9 Å². The number of hydrogen-bond donors (Lipinski definition) is 2. The summed E-state index contributed by atoms with van der Waals surface area (Å²) in [5.41, 5.74) is 2.03. The van der Waals surface area contributed by atoms with Gasteiger partial charge < -0.3 is 9.84 Å². The summed E-state index contributed by atoms with van der Waals surface area (Å²) in [5.74, 6) is -1.81. The van der Waals surface area contributed by atoms with Gasteiger partial charge in [-0.1, -0.05) is 24.3 Å². The lowest BCUT2D eigenvalue weighted by Crippen LogP contribution is -2.54. The molecular formula is C21H18N2O5S. The molecule has 1 fully saturated rings. The van der Waals surface area contributed by atoms with Crippen molar-refractivity contribution in [2.24, 2.45) is 0 Å². The van der Waals surface area contributed by atoms with Gasteiger partial charge >= 0.3 is 5.97 Å². The fourth-order valence-corrected chi connectivity index (χ4v) is 3.00. The molecule has 0 radical (unpaired) electrons. The summed E-state index contributed by atoms with van der Waals surface area (Å²) < 4.78 is 5.27. The van der Waals surface area contributed by atoms with E-state index in [0.29, 0.717) is 17.0 Å². The van der Waals surface area contributed by atoms with Gasteiger partial charge in [-0.3, -0.25) is 19.8 Å². The lowest BCUT2D eigenvalue weighted by Gasteiger charge is -2.29. The van der Waals surface area contributed by atoms with Crippen LogP contribution >= 0.6 is 12.2 Å². The Morgan fingerprint density at radius 3 is 2.52 bits per heavy atom. The second-order valence-corrected chi connectivity index (χ2v) is 6.85. The second kappa shape index (κ2) is 8.24. The number of rotatable bonds is 5. The third-order valence-corrected chi connectivity index (χ3v) is 4.50. The number of carbonyl (C=O) groups is 3. The quantitative estimate of drug-likeness (QED) is 0.447. The topological polar surface area (TPSA) is 95.9 Å². The van der Waals surface area contributed by atoms with Crippen LogP contribution in [0.3, 0.4) is 0 Å². The zero-order chi connectivity index (χ0) is 21.1. The molecule has 1 aliphatic heterocycles. The average Bonchev–Trinajstić information content (AvgIpc) is 2.66. The molecule has 3 rings (SSSR count). The summed E-state index contributed by atoms with van der Waals surface area (Å²) in [6, 6.07) is 13.6. The van der Waals surface area contributed by atoms with Crippen LogP contribution in [-0.4, -0.2) is 34.1 Å². The molecule has 0 aromatic heterocycles. The van der Waals surface area contributed by atoms with Crippen molar-refractivity contribution < 1.29 is 24.2 Å². The highest BCUT2D eigenvalue weighted by molar-refractivity contribution is 7.80. The Hall–Kier alpha value is -3.52. The van der Waals surface area contributed by atoms with E-state index in [1.54, 1.807) is 42.5 Å². The monoisotopic (exact) mass is 410 g/mol. The van der Waals surface area contributed by atoms with Crippen molar-refractivity contribution >= 4 is 46.9 Å². The van der Waals surface area contributed by atoms with Crippen LogP contribution in [-0.2, 0) is 14.4 Å². The van der Waals surface area contributed by atoms with Gasteiger partial charge in [-0.25, -0.2) is 4.79 Å². The third-order valence-electron chi connectivity index (χ3n) is 4.21. The van der Waals surface area contributed by atoms with E-state index in [4.69, 9.17) is 22.1 Å². The molecule has 8 heteroatoms. The molecule has 2 aromatic carbocycles. The minimum atomic E-state index is -1.08. The highest BCUT2D eigenvalue weighted by atomic mass is 32.1. The number of benzene rings is 2. The fourth-order valence-electron chi connectivity index (χ4n) is 2.72. The summed E-state index contributed by atoms with van der Waals surface area (Å²) in [5, 5.41) is 11.5. The molecule has 29 heavy (non-hydrogen) atoms. The van der Waals surface area contributed by atoms with Gasteiger partial charge in [0, 0.05) is 0 Å². The van der Waals surface area contributed by atoms with Gasteiger partial charge in [0.05, 0.1) is 5.69 Å². The largest absolute Gasteiger partial charge is 0.479 e. The van der Waals surface area contributed by atoms with Crippen LogP contribution in [0, 0.1) is 6.92 Å². The average molecular weight is 410 g/mol. The Bertz CT molecular complexity index is 1030. The number of aryl methyl sites for hydroxylation is 1. The predicted octanol–water partition coefficient (Wildman–Crippen LogP) is 2.68. The highest BCUT2D eigenvalue weighted by Gasteiger charge is 2.34. The molecule has 2 N–H and O–H groups in total. The van der Waals surface area contributed by atoms with E-state index in [9.17, 15) is 14.4 Å². The minimum Gasteiger partial charge on any atom is -0.479 e. The minimum absolute atomic E-state index is 0.0224. The van der Waals surface area contributed by atoms with Crippen molar-refractivity contribution in [1.29, 1.82) is 0 Å². The zero-order valence-electron chi connectivity index (χ0n) is 15.7. The standard InChI is InChI=1S/C21H18N2O5S/c1-12-4-3-5-15(10-12)23-19(25)17(18(24)22-21(23)29)11-14-6-8-16(9-7-14)28-13(2)20(26)27/h3-11,13H,1-2H3,(H,26,27)(H,22,24,29)/b17-11+/t13-/m0/s1. The number of hydrogen-bond acceptors (Lipinski definition) is 5. The van der Waals surface area contributed by atoms with Gasteiger partial charge in [-0.2, -0.15) is 0 Å². The molecule has 1 aliphatic rings. The van der Waals surface area contributed by atoms with E-state index in [2.05, 4.69) is 5.32 Å². The summed E-state index contributed by atoms with van der Waals surface area (Å²) in [6.07, 6.45) is 0.459. The molecule has 0 unspecified atom stereocenters. The van der Waals surface area contributed by atoms with Crippen LogP contribution in [0.2, 0.25) is 0 Å². The first-order valence-corrected chi connectivity index (χ1v) is 9.15. The zero-order valence-corrected chi connectivity index (χ0v) is 16.5. The number of carboxylic acid groups (broad SMARTS) is 1. The lowest BCUT2D eigenvalue weighted by molar-refractivity contribution is -0.144. The lowest BCUT2D eigenvalue weighted by atomic mass is 10.1. The second-order valence-electron chi connectivity index (χ2n) is 6.46. The fraction of sp³-hybridized carbons (Fsp3) is 0.143. The van der Waals surface area contributed by atoms with Crippen molar-refractivity contribution in [2.45, 2.75) is 20.0 Å². The van der Waals surface area contributed by atoms with Gasteiger partial charge in [0.25, 0.3) is 11.8 Å². The summed E-state index contributed by atoms with van der Waals surface area (Å²) >= 11 is 5.18. The Balaban J connectivity index is 1.87. The number of nitrogens with zero attached hydrogens (tertiary/aromatic N) is 1. The molecule has 1 heterocycles. The Morgan fingerprint density at radius 2 is 1.90 bits per heavy atom. The maximum absolute atomic E-state index is 13.0. The number of ether oxygens (including phenoxy) is 1. The van der Waals surface area contributed by atoms with Crippen LogP contribution < -0.4 is 15.0 Å². The van der Waals surface area contributed by atoms with E-state index in [1.165, 1.54) is 17.9 Å². The van der Waals surface area contributed by atoms with Crippen LogP contribution in [0.15, 0.2) is 54.1 Å². The number of aliphatic carboxylic acids is 1. The van der Waals surface area contributed by atoms with Gasteiger partial charge in [0.2, 0.25) is 0 Å². The molecule has 1 saturated heterocycles. The van der Waals surface area contributed by atoms with Gasteiger partial charge in [0.1, 0.15) is 11.3 Å². The van der Waals surface area contributed by atoms with Crippen molar-refractivity contribution in [1.82, 2.24) is 5.32 Å². The van der Waals surface area contributed by atoms with Crippen LogP contribution in [0.25, 0.3) is 6.08 Å². The molecular weight excluding hydrogens is 392 g/mol. The number of thiocarbonyl (C=S) groups is 1. The Kier molecular flexibility index (Phi) is 5.74. The summed E-state index contributed by atoms with van der Waals surface area (Å²) in [6.45, 7) is 3.32. The SMILES string of the molecule is Cc1cccc(N2C(=O)/C(=C/c3ccc(O[C@@H](C)C(=O)O)cc3)C(=O)NC2=S)c1. The molecule has 0 spiro atoms. The van der Waals surface area contributed by atoms with E-state index in [0.717, 1.165) is 5.56 Å². The first-order chi connectivity index (χ1) is 13.8. The van der Waals surface area contributed by atoms with Gasteiger partial charge in [-0.15, -0.1) is 0 Å². The van der Waals surface area contributed by atoms with E-state index in [1.807, 2.05) is 13.0 Å². The third kappa shape index (κ3) is 4.49. The molecule has 1 atom stereocenters. The van der Waals surface area contributed by atoms with Gasteiger partial charge in [0.15, 0.2) is 11.2 Å². The molecule has 0 bridgehead atoms. The number of anilines is 1. The maximum Gasteiger partial charge on any atom is 0.344 e. The van der Waals surface area contributed by atoms with Crippen molar-refractivity contribution in [3.05, 3.63) is 65.2 Å².